The molecule has 1 atom stereocenters. The predicted molar refractivity (Wildman–Crippen MR) is 66.5 cm³/mol. The zero-order chi connectivity index (χ0) is 12.3. The lowest BCUT2D eigenvalue weighted by Gasteiger charge is -2.11. The van der Waals surface area contributed by atoms with Crippen LogP contribution in [0.5, 0.6) is 0 Å². The number of aliphatic hydroxyl groups excluding tert-OH is 1. The maximum atomic E-state index is 13.0. The molecule has 0 radical (unpaired) electrons. The lowest BCUT2D eigenvalue weighted by Crippen LogP contribution is -2.00. The van der Waals surface area contributed by atoms with Crippen LogP contribution in [0.15, 0.2) is 47.6 Å². The Morgan fingerprint density at radius 2 is 1.88 bits per heavy atom. The first kappa shape index (κ1) is 12.1. The van der Waals surface area contributed by atoms with Gasteiger partial charge < -0.3 is 5.11 Å². The number of thioether (sulfide) groups is 1. The average Bonchev–Trinajstić information content (AvgIpc) is 2.38. The van der Waals surface area contributed by atoms with E-state index in [4.69, 9.17) is 0 Å². The van der Waals surface area contributed by atoms with Gasteiger partial charge in [0.25, 0.3) is 0 Å². The van der Waals surface area contributed by atoms with Gasteiger partial charge in [0.15, 0.2) is 0 Å². The summed E-state index contributed by atoms with van der Waals surface area (Å²) >= 11 is 1.63. The number of pyridine rings is 1. The Kier molecular flexibility index (Phi) is 3.76. The van der Waals surface area contributed by atoms with Crippen LogP contribution in [-0.4, -0.2) is 16.3 Å². The normalized spacial score (nSPS) is 12.4. The molecule has 1 aromatic heterocycles. The van der Waals surface area contributed by atoms with E-state index in [-0.39, 0.29) is 0 Å². The highest BCUT2D eigenvalue weighted by Crippen LogP contribution is 2.24. The molecule has 88 valence electrons. The summed E-state index contributed by atoms with van der Waals surface area (Å²) in [5.74, 6) is -0.442. The third kappa shape index (κ3) is 2.84. The number of hydrogen-bond acceptors (Lipinski definition) is 3. The molecule has 0 aliphatic heterocycles. The topological polar surface area (TPSA) is 33.1 Å². The molecule has 0 saturated heterocycles. The van der Waals surface area contributed by atoms with E-state index < -0.39 is 11.9 Å². The lowest BCUT2D eigenvalue weighted by molar-refractivity contribution is 0.219. The Bertz CT molecular complexity index is 501. The van der Waals surface area contributed by atoms with E-state index in [9.17, 15) is 9.50 Å². The van der Waals surface area contributed by atoms with Gasteiger partial charge in [-0.15, -0.1) is 11.8 Å². The Morgan fingerprint density at radius 1 is 1.18 bits per heavy atom. The first-order chi connectivity index (χ1) is 8.20. The Hall–Kier alpha value is -1.39. The van der Waals surface area contributed by atoms with Gasteiger partial charge in [-0.2, -0.15) is 0 Å². The summed E-state index contributed by atoms with van der Waals surface area (Å²) in [5, 5.41) is 10.1. The molecule has 0 fully saturated rings. The van der Waals surface area contributed by atoms with Crippen LogP contribution in [0.3, 0.4) is 0 Å². The van der Waals surface area contributed by atoms with Crippen molar-refractivity contribution in [1.29, 1.82) is 0 Å². The molecule has 1 heterocycles. The lowest BCUT2D eigenvalue weighted by atomic mass is 10.0. The van der Waals surface area contributed by atoms with Crippen molar-refractivity contribution in [2.24, 2.45) is 0 Å². The molecule has 4 heteroatoms. The number of rotatable bonds is 3. The first-order valence-electron chi connectivity index (χ1n) is 5.13. The highest BCUT2D eigenvalue weighted by molar-refractivity contribution is 7.98. The maximum Gasteiger partial charge on any atom is 0.141 e. The van der Waals surface area contributed by atoms with Gasteiger partial charge >= 0.3 is 0 Å². The van der Waals surface area contributed by atoms with Gasteiger partial charge in [0.1, 0.15) is 11.9 Å². The summed E-state index contributed by atoms with van der Waals surface area (Å²) < 4.78 is 13.0. The smallest absolute Gasteiger partial charge is 0.141 e. The summed E-state index contributed by atoms with van der Waals surface area (Å²) in [6, 6.07) is 8.81. The van der Waals surface area contributed by atoms with Crippen molar-refractivity contribution >= 4 is 11.8 Å². The third-order valence-corrected chi connectivity index (χ3v) is 3.22. The molecule has 0 aliphatic rings. The maximum absolute atomic E-state index is 13.0. The largest absolute Gasteiger partial charge is 0.384 e. The summed E-state index contributed by atoms with van der Waals surface area (Å²) in [6.07, 6.45) is 3.74. The van der Waals surface area contributed by atoms with Gasteiger partial charge in [-0.05, 0) is 30.0 Å². The quantitative estimate of drug-likeness (QED) is 0.849. The van der Waals surface area contributed by atoms with Crippen molar-refractivity contribution in [1.82, 2.24) is 4.98 Å². The number of halogens is 1. The van der Waals surface area contributed by atoms with Crippen LogP contribution in [0, 0.1) is 5.82 Å². The van der Waals surface area contributed by atoms with Crippen molar-refractivity contribution in [2.45, 2.75) is 11.0 Å². The molecule has 2 nitrogen and oxygen atoms in total. The van der Waals surface area contributed by atoms with Gasteiger partial charge in [0.2, 0.25) is 0 Å². The van der Waals surface area contributed by atoms with Crippen LogP contribution in [-0.2, 0) is 0 Å². The van der Waals surface area contributed by atoms with Crippen molar-refractivity contribution < 1.29 is 9.50 Å². The van der Waals surface area contributed by atoms with Crippen molar-refractivity contribution in [2.75, 3.05) is 6.26 Å². The number of aromatic nitrogens is 1. The highest BCUT2D eigenvalue weighted by atomic mass is 32.2. The number of aliphatic hydroxyl groups is 1. The minimum Gasteiger partial charge on any atom is -0.384 e. The van der Waals surface area contributed by atoms with Crippen LogP contribution in [0.1, 0.15) is 17.2 Å². The second-order valence-corrected chi connectivity index (χ2v) is 4.49. The second-order valence-electron chi connectivity index (χ2n) is 3.61. The fourth-order valence-corrected chi connectivity index (χ4v) is 1.96. The first-order valence-corrected chi connectivity index (χ1v) is 6.35. The van der Waals surface area contributed by atoms with Gasteiger partial charge in [-0.1, -0.05) is 12.1 Å². The molecule has 0 saturated carbocycles. The zero-order valence-corrected chi connectivity index (χ0v) is 10.1. The van der Waals surface area contributed by atoms with Crippen molar-refractivity contribution in [3.63, 3.8) is 0 Å². The monoisotopic (exact) mass is 249 g/mol. The molecule has 1 N–H and O–H groups in total. The Morgan fingerprint density at radius 3 is 2.47 bits per heavy atom. The van der Waals surface area contributed by atoms with Gasteiger partial charge in [0.05, 0.1) is 6.20 Å². The molecule has 1 unspecified atom stereocenters. The van der Waals surface area contributed by atoms with E-state index in [0.717, 1.165) is 16.7 Å². The standard InChI is InChI=1S/C13H12FNOS/c1-17-12-4-2-9(3-5-12)13(16)10-6-11(14)8-15-7-10/h2-8,13,16H,1H3. The molecule has 0 bridgehead atoms. The van der Waals surface area contributed by atoms with Crippen LogP contribution < -0.4 is 0 Å². The van der Waals surface area contributed by atoms with E-state index in [1.807, 2.05) is 30.5 Å². The van der Waals surface area contributed by atoms with Crippen LogP contribution in [0.4, 0.5) is 4.39 Å². The molecule has 0 aliphatic carbocycles. The third-order valence-electron chi connectivity index (χ3n) is 2.47. The Labute approximate surface area is 104 Å². The molecule has 2 rings (SSSR count). The Balaban J connectivity index is 2.27. The van der Waals surface area contributed by atoms with E-state index in [2.05, 4.69) is 4.98 Å². The van der Waals surface area contributed by atoms with Crippen molar-refractivity contribution in [3.05, 3.63) is 59.7 Å². The zero-order valence-electron chi connectivity index (χ0n) is 9.30. The van der Waals surface area contributed by atoms with Crippen LogP contribution in [0.25, 0.3) is 0 Å². The second kappa shape index (κ2) is 5.29. The SMILES string of the molecule is CSc1ccc(C(O)c2cncc(F)c2)cc1. The van der Waals surface area contributed by atoms with Crippen LogP contribution in [0.2, 0.25) is 0 Å². The summed E-state index contributed by atoms with van der Waals surface area (Å²) in [7, 11) is 0. The summed E-state index contributed by atoms with van der Waals surface area (Å²) in [5.41, 5.74) is 1.19. The molecule has 2 aromatic rings. The molecule has 1 aromatic carbocycles. The van der Waals surface area contributed by atoms with E-state index >= 15 is 0 Å². The van der Waals surface area contributed by atoms with Gasteiger partial charge in [0, 0.05) is 16.7 Å². The van der Waals surface area contributed by atoms with E-state index in [1.54, 1.807) is 11.8 Å². The summed E-state index contributed by atoms with van der Waals surface area (Å²) in [6.45, 7) is 0. The molecule has 17 heavy (non-hydrogen) atoms. The number of nitrogens with zero attached hydrogens (tertiary/aromatic N) is 1. The molecular weight excluding hydrogens is 237 g/mol. The highest BCUT2D eigenvalue weighted by Gasteiger charge is 2.11. The van der Waals surface area contributed by atoms with E-state index in [1.165, 1.54) is 12.3 Å². The summed E-state index contributed by atoms with van der Waals surface area (Å²) in [4.78, 5) is 4.85. The predicted octanol–water partition coefficient (Wildman–Crippen LogP) is 3.02. The minimum atomic E-state index is -0.839. The molecule has 0 amide bonds. The average molecular weight is 249 g/mol. The molecular formula is C13H12FNOS. The van der Waals surface area contributed by atoms with E-state index in [0.29, 0.717) is 5.56 Å². The fourth-order valence-electron chi connectivity index (χ4n) is 1.56. The molecule has 0 spiro atoms. The van der Waals surface area contributed by atoms with Crippen molar-refractivity contribution in [3.8, 4) is 0 Å². The van der Waals surface area contributed by atoms with Crippen LogP contribution >= 0.6 is 11.8 Å². The van der Waals surface area contributed by atoms with Gasteiger partial charge in [-0.3, -0.25) is 4.98 Å². The number of benzene rings is 1. The van der Waals surface area contributed by atoms with Gasteiger partial charge in [-0.25, -0.2) is 4.39 Å². The fraction of sp³-hybridized carbons (Fsp3) is 0.154. The number of hydrogen-bond donors (Lipinski definition) is 1. The minimum absolute atomic E-state index is 0.442.